The summed E-state index contributed by atoms with van der Waals surface area (Å²) in [5.41, 5.74) is 2.40. The van der Waals surface area contributed by atoms with E-state index < -0.39 is 0 Å². The zero-order valence-electron chi connectivity index (χ0n) is 11.0. The van der Waals surface area contributed by atoms with Gasteiger partial charge in [-0.05, 0) is 44.4 Å². The number of nitrogens with one attached hydrogen (secondary N) is 1. The highest BCUT2D eigenvalue weighted by molar-refractivity contribution is 5.38. The molecular weight excluding hydrogens is 210 g/mol. The number of rotatable bonds is 3. The van der Waals surface area contributed by atoms with Crippen LogP contribution in [0.15, 0.2) is 36.5 Å². The molecule has 2 atom stereocenters. The predicted molar refractivity (Wildman–Crippen MR) is 72.0 cm³/mol. The number of hydrogen-bond donors (Lipinski definition) is 1. The molecule has 2 aliphatic rings. The van der Waals surface area contributed by atoms with Gasteiger partial charge in [0.2, 0.25) is 0 Å². The van der Waals surface area contributed by atoms with E-state index >= 15 is 0 Å². The van der Waals surface area contributed by atoms with Crippen LogP contribution in [0.1, 0.15) is 33.1 Å². The molecule has 0 radical (unpaired) electrons. The van der Waals surface area contributed by atoms with Gasteiger partial charge >= 0.3 is 0 Å². The lowest BCUT2D eigenvalue weighted by atomic mass is 9.85. The van der Waals surface area contributed by atoms with Crippen LogP contribution in [0.2, 0.25) is 0 Å². The molecule has 1 fully saturated rings. The van der Waals surface area contributed by atoms with Crippen LogP contribution in [0, 0.1) is 0 Å². The Kier molecular flexibility index (Phi) is 3.55. The summed E-state index contributed by atoms with van der Waals surface area (Å²) in [4.78, 5) is 0. The molecule has 0 amide bonds. The SMILES string of the molecule is C=CC1=C(C=C)C(C2CCCN2)OC(C)(C)C1. The maximum Gasteiger partial charge on any atom is 0.0987 e. The lowest BCUT2D eigenvalue weighted by molar-refractivity contribution is -0.0748. The molecule has 2 rings (SSSR count). The lowest BCUT2D eigenvalue weighted by Gasteiger charge is -2.40. The van der Waals surface area contributed by atoms with Crippen molar-refractivity contribution >= 4 is 0 Å². The van der Waals surface area contributed by atoms with E-state index in [1.165, 1.54) is 24.0 Å². The molecule has 2 heterocycles. The van der Waals surface area contributed by atoms with E-state index in [0.29, 0.717) is 6.04 Å². The second-order valence-corrected chi connectivity index (χ2v) is 5.57. The molecule has 0 aliphatic carbocycles. The van der Waals surface area contributed by atoms with Gasteiger partial charge in [0.15, 0.2) is 0 Å². The molecule has 0 aromatic heterocycles. The molecule has 1 saturated heterocycles. The minimum Gasteiger partial charge on any atom is -0.366 e. The van der Waals surface area contributed by atoms with Crippen LogP contribution >= 0.6 is 0 Å². The van der Waals surface area contributed by atoms with Gasteiger partial charge in [-0.15, -0.1) is 0 Å². The second kappa shape index (κ2) is 4.79. The van der Waals surface area contributed by atoms with Gasteiger partial charge in [-0.2, -0.15) is 0 Å². The Hall–Kier alpha value is -0.860. The molecule has 0 spiro atoms. The van der Waals surface area contributed by atoms with E-state index in [-0.39, 0.29) is 11.7 Å². The van der Waals surface area contributed by atoms with Crippen molar-refractivity contribution in [2.75, 3.05) is 6.54 Å². The molecule has 2 unspecified atom stereocenters. The maximum atomic E-state index is 6.25. The summed E-state index contributed by atoms with van der Waals surface area (Å²) in [6.07, 6.45) is 7.37. The average Bonchev–Trinajstić information content (AvgIpc) is 2.80. The first-order chi connectivity index (χ1) is 8.07. The van der Waals surface area contributed by atoms with Crippen molar-refractivity contribution in [2.45, 2.75) is 50.9 Å². The highest BCUT2D eigenvalue weighted by atomic mass is 16.5. The van der Waals surface area contributed by atoms with Gasteiger partial charge in [-0.3, -0.25) is 0 Å². The third kappa shape index (κ3) is 2.53. The van der Waals surface area contributed by atoms with Crippen molar-refractivity contribution in [3.8, 4) is 0 Å². The largest absolute Gasteiger partial charge is 0.366 e. The van der Waals surface area contributed by atoms with Gasteiger partial charge in [0, 0.05) is 12.5 Å². The minimum atomic E-state index is -0.106. The predicted octanol–water partition coefficient (Wildman–Crippen LogP) is 2.97. The fourth-order valence-corrected chi connectivity index (χ4v) is 2.90. The highest BCUT2D eigenvalue weighted by Crippen LogP contribution is 2.36. The molecule has 0 saturated carbocycles. The smallest absolute Gasteiger partial charge is 0.0987 e. The van der Waals surface area contributed by atoms with Crippen molar-refractivity contribution in [1.29, 1.82) is 0 Å². The van der Waals surface area contributed by atoms with Crippen LogP contribution in [-0.4, -0.2) is 24.3 Å². The summed E-state index contributed by atoms with van der Waals surface area (Å²) in [6.45, 7) is 13.3. The Labute approximate surface area is 104 Å². The molecule has 2 heteroatoms. The van der Waals surface area contributed by atoms with Crippen molar-refractivity contribution < 1.29 is 4.74 Å². The molecule has 2 aliphatic heterocycles. The normalized spacial score (nSPS) is 32.6. The van der Waals surface area contributed by atoms with Gasteiger partial charge in [0.05, 0.1) is 11.7 Å². The third-order valence-corrected chi connectivity index (χ3v) is 3.67. The average molecular weight is 233 g/mol. The Morgan fingerprint density at radius 2 is 2.12 bits per heavy atom. The Bertz CT molecular complexity index is 348. The monoisotopic (exact) mass is 233 g/mol. The second-order valence-electron chi connectivity index (χ2n) is 5.57. The van der Waals surface area contributed by atoms with Crippen molar-refractivity contribution in [3.05, 3.63) is 36.5 Å². The summed E-state index contributed by atoms with van der Waals surface area (Å²) < 4.78 is 6.25. The van der Waals surface area contributed by atoms with Crippen LogP contribution < -0.4 is 5.32 Å². The van der Waals surface area contributed by atoms with Crippen molar-refractivity contribution in [3.63, 3.8) is 0 Å². The Morgan fingerprint density at radius 1 is 1.35 bits per heavy atom. The minimum absolute atomic E-state index is 0.106. The molecule has 1 N–H and O–H groups in total. The Balaban J connectivity index is 2.33. The molecular formula is C15H23NO. The lowest BCUT2D eigenvalue weighted by Crippen LogP contribution is -2.46. The van der Waals surface area contributed by atoms with Crippen molar-refractivity contribution in [2.24, 2.45) is 0 Å². The summed E-state index contributed by atoms with van der Waals surface area (Å²) in [6, 6.07) is 0.428. The number of ether oxygens (including phenoxy) is 1. The molecule has 0 aromatic carbocycles. The standard InChI is InChI=1S/C15H23NO/c1-5-11-10-15(3,4)17-14(12(11)6-2)13-8-7-9-16-13/h5-6,13-14,16H,1-2,7-10H2,3-4H3. The summed E-state index contributed by atoms with van der Waals surface area (Å²) >= 11 is 0. The summed E-state index contributed by atoms with van der Waals surface area (Å²) in [5, 5.41) is 3.53. The van der Waals surface area contributed by atoms with Crippen molar-refractivity contribution in [1.82, 2.24) is 5.32 Å². The van der Waals surface area contributed by atoms with Gasteiger partial charge in [-0.1, -0.05) is 25.3 Å². The molecule has 2 nitrogen and oxygen atoms in total. The summed E-state index contributed by atoms with van der Waals surface area (Å²) in [5.74, 6) is 0. The van der Waals surface area contributed by atoms with Gasteiger partial charge in [-0.25, -0.2) is 0 Å². The Morgan fingerprint density at radius 3 is 2.65 bits per heavy atom. The van der Waals surface area contributed by atoms with E-state index in [2.05, 4.69) is 32.3 Å². The molecule has 0 aromatic rings. The van der Waals surface area contributed by atoms with Crippen LogP contribution in [-0.2, 0) is 4.74 Å². The van der Waals surface area contributed by atoms with E-state index in [0.717, 1.165) is 13.0 Å². The van der Waals surface area contributed by atoms with E-state index in [4.69, 9.17) is 4.74 Å². The maximum absolute atomic E-state index is 6.25. The highest BCUT2D eigenvalue weighted by Gasteiger charge is 2.37. The van der Waals surface area contributed by atoms with E-state index in [9.17, 15) is 0 Å². The molecule has 0 bridgehead atoms. The zero-order valence-corrected chi connectivity index (χ0v) is 11.0. The van der Waals surface area contributed by atoms with E-state index in [1.54, 1.807) is 0 Å². The summed E-state index contributed by atoms with van der Waals surface area (Å²) in [7, 11) is 0. The molecule has 17 heavy (non-hydrogen) atoms. The molecule has 94 valence electrons. The van der Waals surface area contributed by atoms with Crippen LogP contribution in [0.3, 0.4) is 0 Å². The fourth-order valence-electron chi connectivity index (χ4n) is 2.90. The van der Waals surface area contributed by atoms with Gasteiger partial charge in [0.25, 0.3) is 0 Å². The third-order valence-electron chi connectivity index (χ3n) is 3.67. The van der Waals surface area contributed by atoms with Gasteiger partial charge in [0.1, 0.15) is 0 Å². The van der Waals surface area contributed by atoms with E-state index in [1.807, 2.05) is 12.2 Å². The number of allylic oxidation sites excluding steroid dienone is 1. The topological polar surface area (TPSA) is 21.3 Å². The first kappa shape index (κ1) is 12.6. The van der Waals surface area contributed by atoms with Gasteiger partial charge < -0.3 is 10.1 Å². The zero-order chi connectivity index (χ0) is 12.5. The van der Waals surface area contributed by atoms with Crippen LogP contribution in [0.4, 0.5) is 0 Å². The first-order valence-electron chi connectivity index (χ1n) is 6.46. The fraction of sp³-hybridized carbons (Fsp3) is 0.600. The van der Waals surface area contributed by atoms with Crippen LogP contribution in [0.5, 0.6) is 0 Å². The van der Waals surface area contributed by atoms with Crippen LogP contribution in [0.25, 0.3) is 0 Å². The quantitative estimate of drug-likeness (QED) is 0.809. The first-order valence-corrected chi connectivity index (χ1v) is 6.46. The number of hydrogen-bond acceptors (Lipinski definition) is 2.